The third kappa shape index (κ3) is 7.74. The molecule has 0 radical (unpaired) electrons. The van der Waals surface area contributed by atoms with Crippen LogP contribution in [0.2, 0.25) is 13.3 Å². The van der Waals surface area contributed by atoms with Crippen molar-refractivity contribution in [3.8, 4) is 0 Å². The summed E-state index contributed by atoms with van der Waals surface area (Å²) in [7, 11) is 0. The number of unbranched alkanes of at least 4 members (excludes halogenated alkanes) is 3. The Kier molecular flexibility index (Phi) is 10.5. The van der Waals surface area contributed by atoms with Crippen LogP contribution in [-0.2, 0) is 4.74 Å². The number of amides is 1. The van der Waals surface area contributed by atoms with Crippen LogP contribution in [0.3, 0.4) is 0 Å². The number of pyridine rings is 1. The van der Waals surface area contributed by atoms with Gasteiger partial charge in [0.2, 0.25) is 0 Å². The van der Waals surface area contributed by atoms with Crippen LogP contribution >= 0.6 is 0 Å². The summed E-state index contributed by atoms with van der Waals surface area (Å²) >= 11 is -2.88. The van der Waals surface area contributed by atoms with Crippen LogP contribution < -0.4 is 3.71 Å². The van der Waals surface area contributed by atoms with Gasteiger partial charge in [0.15, 0.2) is 0 Å². The van der Waals surface area contributed by atoms with Gasteiger partial charge in [-0.3, -0.25) is 0 Å². The monoisotopic (exact) mass is 554 g/mol. The molecule has 0 aromatic carbocycles. The fourth-order valence-corrected chi connectivity index (χ4v) is 20.0. The van der Waals surface area contributed by atoms with Gasteiger partial charge < -0.3 is 0 Å². The van der Waals surface area contributed by atoms with Crippen molar-refractivity contribution in [1.29, 1.82) is 0 Å². The molecule has 1 aromatic rings. The minimum absolute atomic E-state index is 0.0956. The molecule has 0 bridgehead atoms. The van der Waals surface area contributed by atoms with Gasteiger partial charge in [0, 0.05) is 0 Å². The fraction of sp³-hybridized carbons (Fsp3) is 0.692. The van der Waals surface area contributed by atoms with Crippen LogP contribution in [0.1, 0.15) is 85.6 Å². The maximum atomic E-state index is 15.5. The number of hydrogen-bond acceptors (Lipinski definition) is 3. The molecule has 1 aliphatic rings. The molecular weight excluding hydrogens is 510 g/mol. The van der Waals surface area contributed by atoms with E-state index in [0.717, 1.165) is 34.1 Å². The summed E-state index contributed by atoms with van der Waals surface area (Å²) in [5.74, 6) is -0.0956. The molecule has 2 heterocycles. The number of aromatic nitrogens is 1. The third-order valence-electron chi connectivity index (χ3n) is 6.20. The zero-order chi connectivity index (χ0) is 23.8. The summed E-state index contributed by atoms with van der Waals surface area (Å²) in [5, 5.41) is 0. The van der Waals surface area contributed by atoms with Gasteiger partial charge in [-0.1, -0.05) is 0 Å². The van der Waals surface area contributed by atoms with Crippen molar-refractivity contribution >= 4 is 34.3 Å². The zero-order valence-corrected chi connectivity index (χ0v) is 24.0. The van der Waals surface area contributed by atoms with Crippen molar-refractivity contribution in [2.45, 2.75) is 99.0 Å². The Balaban J connectivity index is 2.17. The number of likely N-dealkylation sites (tertiary alicyclic amines) is 1. The van der Waals surface area contributed by atoms with Gasteiger partial charge in [0.25, 0.3) is 0 Å². The van der Waals surface area contributed by atoms with Crippen LogP contribution in [0.25, 0.3) is 6.08 Å². The Hall–Kier alpha value is -1.11. The van der Waals surface area contributed by atoms with Gasteiger partial charge >= 0.3 is 199 Å². The SMILES string of the molecule is CCC[CH2][Sn]([CH2]CCC)([CH2]CCC)[c]1ncc(C=C2CN(C(=O)OC(C)(C)C)C2)cc1F. The van der Waals surface area contributed by atoms with Gasteiger partial charge in [-0.05, 0) is 0 Å². The Labute approximate surface area is 198 Å². The van der Waals surface area contributed by atoms with Gasteiger partial charge in [0.1, 0.15) is 0 Å². The molecule has 0 spiro atoms. The number of ether oxygens (including phenoxy) is 1. The molecule has 32 heavy (non-hydrogen) atoms. The normalized spacial score (nSPS) is 14.3. The van der Waals surface area contributed by atoms with Gasteiger partial charge in [-0.25, -0.2) is 0 Å². The number of halogens is 1. The van der Waals surface area contributed by atoms with Crippen molar-refractivity contribution in [2.75, 3.05) is 13.1 Å². The van der Waals surface area contributed by atoms with E-state index < -0.39 is 24.0 Å². The molecule has 0 aliphatic carbocycles. The topological polar surface area (TPSA) is 42.4 Å². The Morgan fingerprint density at radius 2 is 1.62 bits per heavy atom. The fourth-order valence-electron chi connectivity index (χ4n) is 4.42. The van der Waals surface area contributed by atoms with E-state index in [1.807, 2.05) is 33.0 Å². The van der Waals surface area contributed by atoms with Crippen LogP contribution in [0.5, 0.6) is 0 Å². The first-order chi connectivity index (χ1) is 15.1. The predicted molar refractivity (Wildman–Crippen MR) is 135 cm³/mol. The van der Waals surface area contributed by atoms with Gasteiger partial charge in [0.05, 0.1) is 0 Å². The second-order valence-corrected chi connectivity index (χ2v) is 23.3. The van der Waals surface area contributed by atoms with Crippen LogP contribution in [0.4, 0.5) is 9.18 Å². The van der Waals surface area contributed by atoms with Gasteiger partial charge in [-0.15, -0.1) is 0 Å². The number of carbonyl (C=O) groups excluding carboxylic acids is 1. The van der Waals surface area contributed by atoms with Crippen molar-refractivity contribution < 1.29 is 13.9 Å². The second-order valence-electron chi connectivity index (χ2n) is 10.3. The van der Waals surface area contributed by atoms with E-state index in [9.17, 15) is 4.79 Å². The molecule has 6 heteroatoms. The quantitative estimate of drug-likeness (QED) is 0.280. The van der Waals surface area contributed by atoms with Crippen molar-refractivity contribution in [1.82, 2.24) is 9.88 Å². The van der Waals surface area contributed by atoms with E-state index >= 15 is 4.39 Å². The summed E-state index contributed by atoms with van der Waals surface area (Å²) in [6.45, 7) is 13.4. The van der Waals surface area contributed by atoms with E-state index in [0.29, 0.717) is 13.1 Å². The molecule has 0 unspecified atom stereocenters. The van der Waals surface area contributed by atoms with E-state index in [-0.39, 0.29) is 11.9 Å². The number of carbonyl (C=O) groups is 1. The number of hydrogen-bond donors (Lipinski definition) is 0. The first-order valence-electron chi connectivity index (χ1n) is 12.5. The number of nitrogens with zero attached hydrogens (tertiary/aromatic N) is 2. The van der Waals surface area contributed by atoms with E-state index in [4.69, 9.17) is 9.72 Å². The maximum absolute atomic E-state index is 15.5. The van der Waals surface area contributed by atoms with Gasteiger partial charge in [-0.2, -0.15) is 0 Å². The zero-order valence-electron chi connectivity index (χ0n) is 21.1. The first-order valence-corrected chi connectivity index (χ1v) is 20.0. The average Bonchev–Trinajstić information content (AvgIpc) is 2.69. The van der Waals surface area contributed by atoms with Crippen LogP contribution in [0.15, 0.2) is 17.8 Å². The van der Waals surface area contributed by atoms with Crippen molar-refractivity contribution in [3.63, 3.8) is 0 Å². The Bertz CT molecular complexity index is 759. The molecule has 1 aromatic heterocycles. The number of rotatable bonds is 11. The molecule has 0 saturated carbocycles. The predicted octanol–water partition coefficient (Wildman–Crippen LogP) is 6.91. The molecule has 0 atom stereocenters. The van der Waals surface area contributed by atoms with E-state index in [1.54, 1.807) is 11.0 Å². The summed E-state index contributed by atoms with van der Waals surface area (Å²) < 4.78 is 25.4. The van der Waals surface area contributed by atoms with E-state index in [1.165, 1.54) is 32.6 Å². The molecule has 1 amide bonds. The van der Waals surface area contributed by atoms with Crippen molar-refractivity contribution in [3.05, 3.63) is 29.2 Å². The molecule has 180 valence electrons. The molecule has 0 N–H and O–H groups in total. The summed E-state index contributed by atoms with van der Waals surface area (Å²) in [6, 6.07) is 1.68. The molecule has 4 nitrogen and oxygen atoms in total. The molecule has 1 aliphatic heterocycles. The van der Waals surface area contributed by atoms with Crippen molar-refractivity contribution in [2.24, 2.45) is 0 Å². The Morgan fingerprint density at radius 1 is 1.09 bits per heavy atom. The van der Waals surface area contributed by atoms with E-state index in [2.05, 4.69) is 20.8 Å². The molecular formula is C26H43FN2O2Sn. The first kappa shape index (κ1) is 27.1. The summed E-state index contributed by atoms with van der Waals surface area (Å²) in [4.78, 5) is 18.6. The molecule has 1 saturated heterocycles. The summed E-state index contributed by atoms with van der Waals surface area (Å²) in [5.41, 5.74) is 1.40. The van der Waals surface area contributed by atoms with Crippen LogP contribution in [-0.4, -0.2) is 53.0 Å². The second kappa shape index (κ2) is 12.4. The van der Waals surface area contributed by atoms with Crippen LogP contribution in [0, 0.1) is 5.82 Å². The Morgan fingerprint density at radius 3 is 2.06 bits per heavy atom. The standard InChI is InChI=1S/C14H16FN2O2.3C4H9.Sn/c1-14(2,3)19-13(18)17-8-11(9-17)4-10-5-12(15)7-16-6-10;3*1-3-4-2;/h4-6H,8-9H2,1-3H3;3*1,3-4H2,2H3;. The molecule has 1 fully saturated rings. The average molecular weight is 553 g/mol. The third-order valence-corrected chi connectivity index (χ3v) is 21.3. The minimum atomic E-state index is -2.88. The molecule has 2 rings (SSSR count). The summed E-state index contributed by atoms with van der Waals surface area (Å²) in [6.07, 6.45) is 10.6.